The van der Waals surface area contributed by atoms with Crippen molar-refractivity contribution >= 4 is 23.6 Å². The van der Waals surface area contributed by atoms with Crippen molar-refractivity contribution in [3.05, 3.63) is 65.0 Å². The van der Waals surface area contributed by atoms with Gasteiger partial charge in [-0.05, 0) is 51.8 Å². The first-order valence-electron chi connectivity index (χ1n) is 10.7. The number of aromatic nitrogens is 1. The molecule has 0 N–H and O–H groups in total. The average molecular weight is 434 g/mol. The number of hydrogen-bond acceptors (Lipinski definition) is 5. The molecule has 166 valence electrons. The number of allylic oxidation sites excluding steroid dienone is 2. The predicted molar refractivity (Wildman–Crippen MR) is 117 cm³/mol. The van der Waals surface area contributed by atoms with E-state index in [1.807, 2.05) is 61.8 Å². The summed E-state index contributed by atoms with van der Waals surface area (Å²) in [6.07, 6.45) is 4.80. The van der Waals surface area contributed by atoms with Gasteiger partial charge in [0.25, 0.3) is 0 Å². The van der Waals surface area contributed by atoms with Crippen molar-refractivity contribution < 1.29 is 23.9 Å². The molecule has 2 unspecified atom stereocenters. The summed E-state index contributed by atoms with van der Waals surface area (Å²) in [5, 5.41) is 0. The first kappa shape index (κ1) is 21.7. The van der Waals surface area contributed by atoms with Gasteiger partial charge >= 0.3 is 5.97 Å². The standard InChI is InChI=1S/C25H26N2O5/c1-15-8-10-18(11-9-15)27-16(2)12-21(17(27)3)22(28)14-32-23(29)13-26-24(30)19-6-4-5-7-20(19)25(26)31/h4-5,8-12,19-20H,6-7,13-14H2,1-3H3. The highest BCUT2D eigenvalue weighted by Gasteiger charge is 2.47. The predicted octanol–water partition coefficient (Wildman–Crippen LogP) is 3.08. The van der Waals surface area contributed by atoms with Crippen LogP contribution >= 0.6 is 0 Å². The fraction of sp³-hybridized carbons (Fsp3) is 0.360. The quantitative estimate of drug-likeness (QED) is 0.302. The molecule has 0 bridgehead atoms. The van der Waals surface area contributed by atoms with E-state index in [9.17, 15) is 19.2 Å². The average Bonchev–Trinajstić information content (AvgIpc) is 3.21. The molecular weight excluding hydrogens is 408 g/mol. The monoisotopic (exact) mass is 434 g/mol. The molecule has 2 aromatic rings. The molecule has 7 nitrogen and oxygen atoms in total. The maximum atomic E-state index is 12.7. The zero-order valence-corrected chi connectivity index (χ0v) is 18.5. The van der Waals surface area contributed by atoms with Crippen molar-refractivity contribution in [1.29, 1.82) is 0 Å². The highest BCUT2D eigenvalue weighted by molar-refractivity contribution is 6.07. The van der Waals surface area contributed by atoms with Crippen LogP contribution in [0.2, 0.25) is 0 Å². The molecule has 2 heterocycles. The van der Waals surface area contributed by atoms with Crippen molar-refractivity contribution in [2.24, 2.45) is 11.8 Å². The Kier molecular flexibility index (Phi) is 5.82. The van der Waals surface area contributed by atoms with E-state index in [1.165, 1.54) is 0 Å². The summed E-state index contributed by atoms with van der Waals surface area (Å²) >= 11 is 0. The first-order chi connectivity index (χ1) is 15.3. The van der Waals surface area contributed by atoms with E-state index < -0.39 is 31.0 Å². The van der Waals surface area contributed by atoms with Crippen LogP contribution in [0.25, 0.3) is 5.69 Å². The van der Waals surface area contributed by atoms with E-state index in [0.717, 1.165) is 27.5 Å². The minimum atomic E-state index is -0.765. The highest BCUT2D eigenvalue weighted by atomic mass is 16.5. The smallest absolute Gasteiger partial charge is 0.326 e. The maximum Gasteiger partial charge on any atom is 0.326 e. The normalized spacial score (nSPS) is 19.9. The molecule has 2 atom stereocenters. The van der Waals surface area contributed by atoms with Gasteiger partial charge in [-0.25, -0.2) is 0 Å². The Balaban J connectivity index is 1.39. The van der Waals surface area contributed by atoms with Gasteiger partial charge < -0.3 is 9.30 Å². The lowest BCUT2D eigenvalue weighted by Gasteiger charge is -2.14. The van der Waals surface area contributed by atoms with Crippen LogP contribution in [0.4, 0.5) is 0 Å². The molecule has 1 saturated heterocycles. The fourth-order valence-corrected chi connectivity index (χ4v) is 4.56. The van der Waals surface area contributed by atoms with Crippen LogP contribution in [0.3, 0.4) is 0 Å². The summed E-state index contributed by atoms with van der Waals surface area (Å²) in [4.78, 5) is 51.0. The lowest BCUT2D eigenvalue weighted by Crippen LogP contribution is -2.37. The molecule has 1 fully saturated rings. The number of esters is 1. The third kappa shape index (κ3) is 3.90. The molecule has 7 heteroatoms. The van der Waals surface area contributed by atoms with Crippen LogP contribution in [-0.2, 0) is 19.1 Å². The van der Waals surface area contributed by atoms with Crippen molar-refractivity contribution in [2.75, 3.05) is 13.2 Å². The van der Waals surface area contributed by atoms with E-state index in [2.05, 4.69) is 0 Å². The Morgan fingerprint density at radius 2 is 1.56 bits per heavy atom. The van der Waals surface area contributed by atoms with Crippen LogP contribution in [-0.4, -0.2) is 46.2 Å². The Hall–Kier alpha value is -3.48. The molecule has 2 aliphatic rings. The van der Waals surface area contributed by atoms with E-state index in [4.69, 9.17) is 4.74 Å². The Bertz CT molecular complexity index is 1100. The summed E-state index contributed by atoms with van der Waals surface area (Å²) in [6.45, 7) is 4.87. The number of fused-ring (bicyclic) bond motifs is 1. The SMILES string of the molecule is Cc1ccc(-n2c(C)cc(C(=O)COC(=O)CN3C(=O)C4CC=CCC4C3=O)c2C)cc1. The van der Waals surface area contributed by atoms with Gasteiger partial charge in [-0.3, -0.25) is 24.1 Å². The summed E-state index contributed by atoms with van der Waals surface area (Å²) < 4.78 is 7.11. The number of amides is 2. The van der Waals surface area contributed by atoms with E-state index in [0.29, 0.717) is 18.4 Å². The minimum absolute atomic E-state index is 0.332. The summed E-state index contributed by atoms with van der Waals surface area (Å²) in [5.74, 6) is -2.56. The number of carbonyl (C=O) groups excluding carboxylic acids is 4. The van der Waals surface area contributed by atoms with Crippen molar-refractivity contribution in [2.45, 2.75) is 33.6 Å². The summed E-state index contributed by atoms with van der Waals surface area (Å²) in [5.41, 5.74) is 4.22. The molecular formula is C25H26N2O5. The number of imide groups is 1. The third-order valence-corrected chi connectivity index (χ3v) is 6.27. The fourth-order valence-electron chi connectivity index (χ4n) is 4.56. The number of ketones is 1. The van der Waals surface area contributed by atoms with Crippen LogP contribution in [0.1, 0.15) is 40.2 Å². The molecule has 2 amide bonds. The molecule has 0 spiro atoms. The molecule has 1 aliphatic heterocycles. The number of aryl methyl sites for hydroxylation is 2. The zero-order chi connectivity index (χ0) is 23.0. The van der Waals surface area contributed by atoms with Crippen molar-refractivity contribution in [3.8, 4) is 5.69 Å². The Morgan fingerprint density at radius 3 is 2.16 bits per heavy atom. The Labute approximate surface area is 186 Å². The minimum Gasteiger partial charge on any atom is -0.456 e. The molecule has 1 aromatic carbocycles. The molecule has 1 aliphatic carbocycles. The van der Waals surface area contributed by atoms with Crippen molar-refractivity contribution in [1.82, 2.24) is 9.47 Å². The maximum absolute atomic E-state index is 12.7. The van der Waals surface area contributed by atoms with Gasteiger partial charge in [-0.15, -0.1) is 0 Å². The number of rotatable bonds is 6. The van der Waals surface area contributed by atoms with Gasteiger partial charge in [0, 0.05) is 22.6 Å². The first-order valence-corrected chi connectivity index (χ1v) is 10.7. The second-order valence-corrected chi connectivity index (χ2v) is 8.46. The highest BCUT2D eigenvalue weighted by Crippen LogP contribution is 2.34. The lowest BCUT2D eigenvalue weighted by atomic mass is 9.85. The molecule has 0 radical (unpaired) electrons. The van der Waals surface area contributed by atoms with Gasteiger partial charge in [-0.2, -0.15) is 0 Å². The van der Waals surface area contributed by atoms with Gasteiger partial charge in [0.2, 0.25) is 17.6 Å². The van der Waals surface area contributed by atoms with Crippen LogP contribution < -0.4 is 0 Å². The second kappa shape index (κ2) is 8.57. The number of carbonyl (C=O) groups is 4. The third-order valence-electron chi connectivity index (χ3n) is 6.27. The molecule has 32 heavy (non-hydrogen) atoms. The number of hydrogen-bond donors (Lipinski definition) is 0. The topological polar surface area (TPSA) is 85.7 Å². The van der Waals surface area contributed by atoms with Crippen LogP contribution in [0.5, 0.6) is 0 Å². The number of ether oxygens (including phenoxy) is 1. The van der Waals surface area contributed by atoms with Gasteiger partial charge in [-0.1, -0.05) is 29.8 Å². The van der Waals surface area contributed by atoms with E-state index >= 15 is 0 Å². The lowest BCUT2D eigenvalue weighted by molar-refractivity contribution is -0.152. The summed E-state index contributed by atoms with van der Waals surface area (Å²) in [6, 6.07) is 9.76. The number of benzene rings is 1. The van der Waals surface area contributed by atoms with E-state index in [-0.39, 0.29) is 17.6 Å². The second-order valence-electron chi connectivity index (χ2n) is 8.46. The largest absolute Gasteiger partial charge is 0.456 e. The number of Topliss-reactive ketones (excluding diaryl/α,β-unsaturated/α-hetero) is 1. The molecule has 1 aromatic heterocycles. The Morgan fingerprint density at radius 1 is 0.969 bits per heavy atom. The number of likely N-dealkylation sites (tertiary alicyclic amines) is 1. The molecule has 4 rings (SSSR count). The van der Waals surface area contributed by atoms with Gasteiger partial charge in [0.05, 0.1) is 11.8 Å². The van der Waals surface area contributed by atoms with Gasteiger partial charge in [0.15, 0.2) is 6.61 Å². The van der Waals surface area contributed by atoms with Crippen LogP contribution in [0, 0.1) is 32.6 Å². The zero-order valence-electron chi connectivity index (χ0n) is 18.5. The summed E-state index contributed by atoms with van der Waals surface area (Å²) in [7, 11) is 0. The van der Waals surface area contributed by atoms with E-state index in [1.54, 1.807) is 6.07 Å². The van der Waals surface area contributed by atoms with Gasteiger partial charge in [0.1, 0.15) is 6.54 Å². The number of nitrogens with zero attached hydrogens (tertiary/aromatic N) is 2. The van der Waals surface area contributed by atoms with Crippen molar-refractivity contribution in [3.63, 3.8) is 0 Å². The van der Waals surface area contributed by atoms with Crippen LogP contribution in [0.15, 0.2) is 42.5 Å². The molecule has 0 saturated carbocycles.